The highest BCUT2D eigenvalue weighted by molar-refractivity contribution is 14.1. The Kier molecular flexibility index (Phi) is 5.25. The molecule has 3 N–H and O–H groups in total. The topological polar surface area (TPSA) is 77.2 Å². The third-order valence-electron chi connectivity index (χ3n) is 2.54. The van der Waals surface area contributed by atoms with Gasteiger partial charge >= 0.3 is 0 Å². The van der Waals surface area contributed by atoms with Gasteiger partial charge in [0.2, 0.25) is 5.91 Å². The lowest BCUT2D eigenvalue weighted by molar-refractivity contribution is -0.121. The summed E-state index contributed by atoms with van der Waals surface area (Å²) in [7, 11) is 0. The van der Waals surface area contributed by atoms with Crippen molar-refractivity contribution in [3.05, 3.63) is 31.9 Å². The molecule has 2 aromatic rings. The number of nitrogens with two attached hydrogens (primary N) is 1. The van der Waals surface area contributed by atoms with Crippen LogP contribution in [0.2, 0.25) is 10.2 Å². The summed E-state index contributed by atoms with van der Waals surface area (Å²) in [6, 6.07) is 5.22. The minimum absolute atomic E-state index is 0.150. The summed E-state index contributed by atoms with van der Waals surface area (Å²) in [6.45, 7) is 0.184. The molecule has 0 spiro atoms. The Morgan fingerprint density at radius 1 is 1.45 bits per heavy atom. The maximum atomic E-state index is 11.1. The lowest BCUT2D eigenvalue weighted by atomic mass is 10.2. The van der Waals surface area contributed by atoms with E-state index < -0.39 is 0 Å². The zero-order valence-corrected chi connectivity index (χ0v) is 13.8. The first-order valence-electron chi connectivity index (χ1n) is 5.59. The fourth-order valence-electron chi connectivity index (χ4n) is 1.62. The van der Waals surface area contributed by atoms with Gasteiger partial charge in [0.1, 0.15) is 10.7 Å². The van der Waals surface area contributed by atoms with Gasteiger partial charge in [-0.1, -0.05) is 23.2 Å². The molecule has 0 aliphatic carbocycles. The number of carbonyl (C=O) groups excluding carboxylic acids is 1. The molecule has 0 unspecified atom stereocenters. The number of benzene rings is 1. The lowest BCUT2D eigenvalue weighted by Crippen LogP contribution is -2.31. The van der Waals surface area contributed by atoms with Gasteiger partial charge in [-0.25, -0.2) is 10.8 Å². The monoisotopic (exact) mass is 425 g/mol. The maximum absolute atomic E-state index is 11.1. The molecule has 0 aliphatic rings. The zero-order chi connectivity index (χ0) is 14.7. The van der Waals surface area contributed by atoms with Crippen LogP contribution in [0.4, 0.5) is 0 Å². The highest BCUT2D eigenvalue weighted by Crippen LogP contribution is 2.35. The predicted molar refractivity (Wildman–Crippen MR) is 86.9 cm³/mol. The second-order valence-electron chi connectivity index (χ2n) is 3.87. The highest BCUT2D eigenvalue weighted by Gasteiger charge is 2.13. The molecule has 20 heavy (non-hydrogen) atoms. The van der Waals surface area contributed by atoms with E-state index >= 15 is 0 Å². The van der Waals surface area contributed by atoms with Gasteiger partial charge in [0, 0.05) is 5.39 Å². The van der Waals surface area contributed by atoms with Gasteiger partial charge < -0.3 is 4.74 Å². The quantitative estimate of drug-likeness (QED) is 0.259. The molecule has 1 amide bonds. The molecule has 0 atom stereocenters. The molecule has 0 bridgehead atoms. The zero-order valence-electron chi connectivity index (χ0n) is 10.1. The molecular formula is C12H10Cl2IN3O2. The Bertz CT molecular complexity index is 667. The number of nitrogens with one attached hydrogen (secondary N) is 1. The van der Waals surface area contributed by atoms with Crippen molar-refractivity contribution in [2.45, 2.75) is 6.42 Å². The summed E-state index contributed by atoms with van der Waals surface area (Å²) in [4.78, 5) is 15.3. The first-order chi connectivity index (χ1) is 9.52. The van der Waals surface area contributed by atoms with Crippen molar-refractivity contribution >= 4 is 62.6 Å². The van der Waals surface area contributed by atoms with Crippen LogP contribution in [0.5, 0.6) is 5.75 Å². The molecule has 1 heterocycles. The lowest BCUT2D eigenvalue weighted by Gasteiger charge is -2.12. The minimum Gasteiger partial charge on any atom is -0.490 e. The van der Waals surface area contributed by atoms with E-state index in [-0.39, 0.29) is 18.9 Å². The minimum atomic E-state index is -0.302. The fourth-order valence-corrected chi connectivity index (χ4v) is 2.94. The summed E-state index contributed by atoms with van der Waals surface area (Å²) >= 11 is 14.2. The van der Waals surface area contributed by atoms with Crippen molar-refractivity contribution in [1.29, 1.82) is 0 Å². The number of fused-ring (bicyclic) bond motifs is 1. The van der Waals surface area contributed by atoms with Crippen molar-refractivity contribution in [3.8, 4) is 5.75 Å². The first kappa shape index (κ1) is 15.6. The Balaban J connectivity index is 2.36. The van der Waals surface area contributed by atoms with Gasteiger partial charge in [0.15, 0.2) is 5.75 Å². The van der Waals surface area contributed by atoms with Crippen LogP contribution in [0, 0.1) is 3.57 Å². The molecule has 0 aliphatic heterocycles. The number of amides is 1. The van der Waals surface area contributed by atoms with Crippen molar-refractivity contribution in [2.24, 2.45) is 5.84 Å². The fraction of sp³-hybridized carbons (Fsp3) is 0.167. The number of aromatic nitrogens is 1. The normalized spacial score (nSPS) is 10.6. The molecule has 0 radical (unpaired) electrons. The van der Waals surface area contributed by atoms with Crippen molar-refractivity contribution in [2.75, 3.05) is 6.61 Å². The van der Waals surface area contributed by atoms with E-state index in [1.54, 1.807) is 18.2 Å². The van der Waals surface area contributed by atoms with E-state index in [9.17, 15) is 4.79 Å². The number of ether oxygens (including phenoxy) is 1. The van der Waals surface area contributed by atoms with E-state index in [0.29, 0.717) is 21.4 Å². The van der Waals surface area contributed by atoms with Gasteiger partial charge in [0.05, 0.1) is 21.6 Å². The molecule has 5 nitrogen and oxygen atoms in total. The Hall–Kier alpha value is -0.830. The summed E-state index contributed by atoms with van der Waals surface area (Å²) in [5, 5.41) is 1.66. The third kappa shape index (κ3) is 3.43. The average molecular weight is 426 g/mol. The number of pyridine rings is 1. The number of nitrogens with zero attached hydrogens (tertiary/aromatic N) is 1. The van der Waals surface area contributed by atoms with Crippen LogP contribution in [0.1, 0.15) is 6.42 Å². The van der Waals surface area contributed by atoms with Gasteiger partial charge in [-0.2, -0.15) is 0 Å². The molecule has 106 valence electrons. The van der Waals surface area contributed by atoms with Crippen molar-refractivity contribution in [1.82, 2.24) is 10.4 Å². The number of carbonyl (C=O) groups is 1. The van der Waals surface area contributed by atoms with Crippen LogP contribution in [0.15, 0.2) is 18.2 Å². The smallest absolute Gasteiger partial charge is 0.237 e. The van der Waals surface area contributed by atoms with E-state index in [1.165, 1.54) is 0 Å². The van der Waals surface area contributed by atoms with Crippen LogP contribution in [0.3, 0.4) is 0 Å². The summed E-state index contributed by atoms with van der Waals surface area (Å²) in [6.07, 6.45) is 0.150. The molecule has 0 fully saturated rings. The van der Waals surface area contributed by atoms with Gasteiger partial charge in [-0.05, 0) is 40.8 Å². The van der Waals surface area contributed by atoms with Gasteiger partial charge in [-0.15, -0.1) is 0 Å². The molecule has 0 saturated heterocycles. The summed E-state index contributed by atoms with van der Waals surface area (Å²) in [5.41, 5.74) is 2.61. The summed E-state index contributed by atoms with van der Waals surface area (Å²) in [5.74, 6) is 5.26. The number of hydrogen-bond donors (Lipinski definition) is 2. The molecule has 2 rings (SSSR count). The molecule has 1 aromatic carbocycles. The van der Waals surface area contributed by atoms with Crippen LogP contribution in [0.25, 0.3) is 10.9 Å². The molecule has 1 aromatic heterocycles. The number of hydrazine groups is 1. The van der Waals surface area contributed by atoms with Crippen molar-refractivity contribution in [3.63, 3.8) is 0 Å². The molecular weight excluding hydrogens is 416 g/mol. The van der Waals surface area contributed by atoms with E-state index in [4.69, 9.17) is 33.8 Å². The maximum Gasteiger partial charge on any atom is 0.237 e. The molecule has 0 saturated carbocycles. The van der Waals surface area contributed by atoms with Crippen molar-refractivity contribution < 1.29 is 9.53 Å². The first-order valence-corrected chi connectivity index (χ1v) is 7.43. The summed E-state index contributed by atoms with van der Waals surface area (Å²) < 4.78 is 6.42. The largest absolute Gasteiger partial charge is 0.490 e. The third-order valence-corrected chi connectivity index (χ3v) is 3.87. The Morgan fingerprint density at radius 3 is 2.90 bits per heavy atom. The number of hydrogen-bond acceptors (Lipinski definition) is 4. The average Bonchev–Trinajstić information content (AvgIpc) is 2.41. The Labute approximate surface area is 138 Å². The van der Waals surface area contributed by atoms with Gasteiger partial charge in [0.25, 0.3) is 0 Å². The van der Waals surface area contributed by atoms with Crippen LogP contribution in [-0.2, 0) is 4.79 Å². The van der Waals surface area contributed by atoms with Crippen LogP contribution < -0.4 is 16.0 Å². The number of halogens is 3. The van der Waals surface area contributed by atoms with Crippen LogP contribution in [-0.4, -0.2) is 17.5 Å². The Morgan fingerprint density at radius 2 is 2.20 bits per heavy atom. The van der Waals surface area contributed by atoms with E-state index in [2.05, 4.69) is 27.6 Å². The second kappa shape index (κ2) is 6.75. The standard InChI is InChI=1S/C12H10Cl2IN3O2/c13-7-5-8(15)12(20-4-3-10(19)18-16)11-6(7)1-2-9(14)17-11/h1-2,5H,3-4,16H2,(H,18,19). The molecule has 8 heteroatoms. The predicted octanol–water partition coefficient (Wildman–Crippen LogP) is 2.91. The number of rotatable bonds is 4. The highest BCUT2D eigenvalue weighted by atomic mass is 127. The van der Waals surface area contributed by atoms with E-state index in [0.717, 1.165) is 8.96 Å². The second-order valence-corrected chi connectivity index (χ2v) is 5.82. The van der Waals surface area contributed by atoms with E-state index in [1.807, 2.05) is 5.43 Å². The van der Waals surface area contributed by atoms with Gasteiger partial charge in [-0.3, -0.25) is 10.2 Å². The SMILES string of the molecule is NNC(=O)CCOc1c(I)cc(Cl)c2ccc(Cl)nc12. The van der Waals surface area contributed by atoms with Crippen LogP contribution >= 0.6 is 45.8 Å².